The summed E-state index contributed by atoms with van der Waals surface area (Å²) in [6.45, 7) is 11.3. The van der Waals surface area contributed by atoms with E-state index in [2.05, 4.69) is 36.0 Å². The number of carboxylic acids is 3. The summed E-state index contributed by atoms with van der Waals surface area (Å²) < 4.78 is 5.97. The standard InChI is InChI=1S/C29H41ClN4O3.C6H8O7/c1-4-14-34(15-5-2)29(36)27(31-28(35)24-8-10-25(30)11-9-24)22-23-6-12-26(13-7-23)37-21-20-33-18-16-32(3)17-19-33;7-3(8)1-6(13,5(11)12)2-4(9)10/h6-13,27H,4-5,14-22H2,1-3H3,(H,31,35);13H,1-2H2,(H,7,8)(H,9,10)(H,11,12). The summed E-state index contributed by atoms with van der Waals surface area (Å²) in [5, 5.41) is 37.3. The Hall–Kier alpha value is -4.24. The number of carbonyl (C=O) groups is 5. The van der Waals surface area contributed by atoms with Gasteiger partial charge in [-0.2, -0.15) is 0 Å². The summed E-state index contributed by atoms with van der Waals surface area (Å²) in [6.07, 6.45) is -0.152. The average molecular weight is 721 g/mol. The van der Waals surface area contributed by atoms with Gasteiger partial charge in [-0.1, -0.05) is 37.6 Å². The number of piperazine rings is 1. The fourth-order valence-electron chi connectivity index (χ4n) is 5.17. The predicted molar refractivity (Wildman–Crippen MR) is 187 cm³/mol. The van der Waals surface area contributed by atoms with E-state index >= 15 is 0 Å². The molecule has 0 saturated carbocycles. The fourth-order valence-corrected chi connectivity index (χ4v) is 5.30. The van der Waals surface area contributed by atoms with Crippen LogP contribution in [-0.2, 0) is 25.6 Å². The second kappa shape index (κ2) is 21.1. The van der Waals surface area contributed by atoms with E-state index in [1.165, 1.54) is 0 Å². The van der Waals surface area contributed by atoms with Crippen LogP contribution in [-0.4, -0.2) is 136 Å². The van der Waals surface area contributed by atoms with Gasteiger partial charge in [-0.05, 0) is 61.9 Å². The Bertz CT molecular complexity index is 1380. The Morgan fingerprint density at radius 2 is 1.42 bits per heavy atom. The number of carbonyl (C=O) groups excluding carboxylic acids is 2. The number of nitrogens with one attached hydrogen (secondary N) is 1. The highest BCUT2D eigenvalue weighted by Crippen LogP contribution is 2.17. The minimum absolute atomic E-state index is 0.0569. The van der Waals surface area contributed by atoms with Crippen LogP contribution in [0.5, 0.6) is 5.75 Å². The van der Waals surface area contributed by atoms with Crippen LogP contribution in [0.15, 0.2) is 48.5 Å². The minimum Gasteiger partial charge on any atom is -0.492 e. The molecule has 276 valence electrons. The van der Waals surface area contributed by atoms with Crippen molar-refractivity contribution < 1.29 is 49.1 Å². The normalized spacial score (nSPS) is 14.1. The maximum atomic E-state index is 13.5. The minimum atomic E-state index is -2.74. The summed E-state index contributed by atoms with van der Waals surface area (Å²) in [5.41, 5.74) is -1.30. The first-order valence-electron chi connectivity index (χ1n) is 16.5. The quantitative estimate of drug-likeness (QED) is 0.151. The van der Waals surface area contributed by atoms with Gasteiger partial charge in [0.1, 0.15) is 18.4 Å². The SMILES string of the molecule is CCCN(CCC)C(=O)C(Cc1ccc(OCCN2CCN(C)CC2)cc1)NC(=O)c1ccc(Cl)cc1.O=C(O)CC(O)(CC(=O)O)C(=O)O. The van der Waals surface area contributed by atoms with Crippen molar-refractivity contribution in [3.63, 3.8) is 0 Å². The molecule has 0 bridgehead atoms. The van der Waals surface area contributed by atoms with Gasteiger partial charge in [0.05, 0.1) is 12.8 Å². The molecule has 0 spiro atoms. The van der Waals surface area contributed by atoms with Crippen LogP contribution in [0.3, 0.4) is 0 Å². The van der Waals surface area contributed by atoms with Gasteiger partial charge in [0.2, 0.25) is 5.91 Å². The Morgan fingerprint density at radius 1 is 0.880 bits per heavy atom. The van der Waals surface area contributed by atoms with E-state index in [0.717, 1.165) is 56.9 Å². The number of carboxylic acid groups (broad SMARTS) is 3. The number of aliphatic hydroxyl groups is 1. The molecule has 1 atom stereocenters. The van der Waals surface area contributed by atoms with E-state index in [9.17, 15) is 24.0 Å². The fraction of sp³-hybridized carbons (Fsp3) is 0.514. The van der Waals surface area contributed by atoms with Crippen LogP contribution in [0.2, 0.25) is 5.02 Å². The number of aliphatic carboxylic acids is 3. The Labute approximate surface area is 297 Å². The molecule has 5 N–H and O–H groups in total. The smallest absolute Gasteiger partial charge is 0.336 e. The van der Waals surface area contributed by atoms with Crippen molar-refractivity contribution in [3.8, 4) is 5.75 Å². The number of rotatable bonds is 18. The number of halogens is 1. The maximum Gasteiger partial charge on any atom is 0.336 e. The molecule has 1 fully saturated rings. The summed E-state index contributed by atoms with van der Waals surface area (Å²) in [5.74, 6) is -4.55. The molecule has 1 unspecified atom stereocenters. The highest BCUT2D eigenvalue weighted by Gasteiger charge is 2.40. The summed E-state index contributed by atoms with van der Waals surface area (Å²) >= 11 is 5.97. The van der Waals surface area contributed by atoms with Crippen molar-refractivity contribution in [3.05, 3.63) is 64.7 Å². The predicted octanol–water partition coefficient (Wildman–Crippen LogP) is 2.71. The van der Waals surface area contributed by atoms with Crippen molar-refractivity contribution in [2.24, 2.45) is 0 Å². The van der Waals surface area contributed by atoms with E-state index in [-0.39, 0.29) is 11.8 Å². The molecular weight excluding hydrogens is 672 g/mol. The number of amides is 2. The number of nitrogens with zero attached hydrogens (tertiary/aromatic N) is 3. The molecule has 50 heavy (non-hydrogen) atoms. The zero-order valence-electron chi connectivity index (χ0n) is 28.8. The molecule has 0 aliphatic carbocycles. The lowest BCUT2D eigenvalue weighted by Gasteiger charge is -2.32. The summed E-state index contributed by atoms with van der Waals surface area (Å²) in [6, 6.07) is 13.9. The molecule has 3 rings (SSSR count). The van der Waals surface area contributed by atoms with Crippen LogP contribution < -0.4 is 10.1 Å². The van der Waals surface area contributed by atoms with Gasteiger partial charge >= 0.3 is 17.9 Å². The van der Waals surface area contributed by atoms with Gasteiger partial charge in [0.15, 0.2) is 5.60 Å². The van der Waals surface area contributed by atoms with Crippen molar-refractivity contribution in [1.82, 2.24) is 20.0 Å². The van der Waals surface area contributed by atoms with Crippen molar-refractivity contribution in [2.75, 3.05) is 59.5 Å². The molecule has 1 aliphatic rings. The van der Waals surface area contributed by atoms with Crippen LogP contribution >= 0.6 is 11.6 Å². The molecule has 2 aromatic carbocycles. The number of hydrogen-bond donors (Lipinski definition) is 5. The molecule has 0 radical (unpaired) electrons. The number of likely N-dealkylation sites (N-methyl/N-ethyl adjacent to an activating group) is 1. The second-order valence-corrected chi connectivity index (χ2v) is 12.6. The zero-order valence-corrected chi connectivity index (χ0v) is 29.6. The highest BCUT2D eigenvalue weighted by molar-refractivity contribution is 6.30. The molecule has 1 saturated heterocycles. The van der Waals surface area contributed by atoms with Crippen LogP contribution in [0.1, 0.15) is 55.5 Å². The Morgan fingerprint density at radius 3 is 1.90 bits per heavy atom. The van der Waals surface area contributed by atoms with Gasteiger partial charge in [0, 0.05) is 62.8 Å². The van der Waals surface area contributed by atoms with Crippen LogP contribution in [0.4, 0.5) is 0 Å². The number of ether oxygens (including phenoxy) is 1. The van der Waals surface area contributed by atoms with Crippen molar-refractivity contribution in [2.45, 2.75) is 57.6 Å². The second-order valence-electron chi connectivity index (χ2n) is 12.2. The molecule has 0 aromatic heterocycles. The van der Waals surface area contributed by atoms with Crippen LogP contribution in [0.25, 0.3) is 0 Å². The Kier molecular flexibility index (Phi) is 17.7. The first-order valence-corrected chi connectivity index (χ1v) is 16.9. The molecular formula is C35H49ClN4O10. The van der Waals surface area contributed by atoms with Gasteiger partial charge < -0.3 is 40.3 Å². The molecule has 1 aliphatic heterocycles. The molecule has 2 aromatic rings. The third-order valence-corrected chi connectivity index (χ3v) is 8.18. The number of benzene rings is 2. The molecule has 2 amide bonds. The highest BCUT2D eigenvalue weighted by atomic mass is 35.5. The topological polar surface area (TPSA) is 197 Å². The van der Waals surface area contributed by atoms with E-state index in [4.69, 9.17) is 36.8 Å². The van der Waals surface area contributed by atoms with Crippen molar-refractivity contribution >= 4 is 41.3 Å². The summed E-state index contributed by atoms with van der Waals surface area (Å²) in [7, 11) is 2.15. The third-order valence-electron chi connectivity index (χ3n) is 7.93. The van der Waals surface area contributed by atoms with Gasteiger partial charge in [-0.25, -0.2) is 4.79 Å². The first kappa shape index (κ1) is 41.9. The monoisotopic (exact) mass is 720 g/mol. The third kappa shape index (κ3) is 14.7. The van der Waals surface area contributed by atoms with Gasteiger partial charge in [-0.3, -0.25) is 24.1 Å². The Balaban J connectivity index is 0.000000565. The molecule has 15 heteroatoms. The van der Waals surface area contributed by atoms with Crippen molar-refractivity contribution in [1.29, 1.82) is 0 Å². The lowest BCUT2D eigenvalue weighted by molar-refractivity contribution is -0.170. The van der Waals surface area contributed by atoms with Gasteiger partial charge in [-0.15, -0.1) is 0 Å². The molecule has 1 heterocycles. The van der Waals surface area contributed by atoms with E-state index < -0.39 is 42.4 Å². The average Bonchev–Trinajstić information content (AvgIpc) is 3.05. The van der Waals surface area contributed by atoms with Crippen LogP contribution in [0, 0.1) is 0 Å². The first-order chi connectivity index (χ1) is 23.7. The van der Waals surface area contributed by atoms with E-state index in [0.29, 0.717) is 36.7 Å². The molecule has 14 nitrogen and oxygen atoms in total. The van der Waals surface area contributed by atoms with E-state index in [1.54, 1.807) is 24.3 Å². The lowest BCUT2D eigenvalue weighted by Crippen LogP contribution is -2.50. The largest absolute Gasteiger partial charge is 0.492 e. The lowest BCUT2D eigenvalue weighted by atomic mass is 9.96. The number of hydrogen-bond acceptors (Lipinski definition) is 9. The maximum absolute atomic E-state index is 13.5. The van der Waals surface area contributed by atoms with Gasteiger partial charge in [0.25, 0.3) is 5.91 Å². The van der Waals surface area contributed by atoms with E-state index in [1.807, 2.05) is 29.2 Å². The zero-order chi connectivity index (χ0) is 37.3. The summed E-state index contributed by atoms with van der Waals surface area (Å²) in [4.78, 5) is 63.6.